The van der Waals surface area contributed by atoms with Crippen molar-refractivity contribution in [2.24, 2.45) is 0 Å². The number of alkyl halides is 8. The number of ether oxygens (including phenoxy) is 10. The van der Waals surface area contributed by atoms with Crippen LogP contribution in [-0.2, 0) is 9.47 Å². The van der Waals surface area contributed by atoms with E-state index in [1.807, 2.05) is 25.7 Å². The van der Waals surface area contributed by atoms with Crippen molar-refractivity contribution in [1.29, 1.82) is 5.26 Å². The number of rotatable bonds is 5. The molecule has 0 radical (unpaired) electrons. The molecule has 4 aromatic rings. The average molecular weight is 1080 g/mol. The zero-order valence-corrected chi connectivity index (χ0v) is 41.9. The van der Waals surface area contributed by atoms with Gasteiger partial charge in [0.1, 0.15) is 17.3 Å². The Bertz CT molecular complexity index is 2660. The molecule has 2 saturated heterocycles. The van der Waals surface area contributed by atoms with E-state index in [0.717, 1.165) is 26.2 Å². The van der Waals surface area contributed by atoms with Gasteiger partial charge in [-0.05, 0) is 112 Å². The minimum atomic E-state index is -3.78. The summed E-state index contributed by atoms with van der Waals surface area (Å²) < 4.78 is 152. The van der Waals surface area contributed by atoms with E-state index in [-0.39, 0.29) is 68.8 Å². The Morgan fingerprint density at radius 2 is 0.803 bits per heavy atom. The van der Waals surface area contributed by atoms with E-state index in [2.05, 4.69) is 43.2 Å². The number of nitriles is 1. The molecule has 10 rings (SSSR count). The Hall–Kier alpha value is -7.37. The molecule has 6 aliphatic heterocycles. The van der Waals surface area contributed by atoms with Gasteiger partial charge in [0, 0.05) is 59.3 Å². The molecule has 0 spiro atoms. The largest absolute Gasteiger partial charge is 0.586 e. The van der Waals surface area contributed by atoms with Gasteiger partial charge in [-0.15, -0.1) is 35.1 Å². The second-order valence-electron chi connectivity index (χ2n) is 19.2. The number of carbonyl (C=O) groups is 2. The van der Waals surface area contributed by atoms with Crippen LogP contribution in [0.1, 0.15) is 82.9 Å². The van der Waals surface area contributed by atoms with Crippen molar-refractivity contribution in [1.82, 2.24) is 20.0 Å². The van der Waals surface area contributed by atoms with Crippen molar-refractivity contribution in [2.45, 2.75) is 97.0 Å². The van der Waals surface area contributed by atoms with Crippen molar-refractivity contribution in [3.63, 3.8) is 0 Å². The third-order valence-electron chi connectivity index (χ3n) is 11.1. The van der Waals surface area contributed by atoms with Gasteiger partial charge in [-0.1, -0.05) is 24.3 Å². The summed E-state index contributed by atoms with van der Waals surface area (Å²) in [6.45, 7) is 17.1. The van der Waals surface area contributed by atoms with Crippen LogP contribution in [0.2, 0.25) is 0 Å². The minimum absolute atomic E-state index is 0.109. The second kappa shape index (κ2) is 21.7. The normalized spacial score (nSPS) is 18.8. The number of aliphatic hydroxyl groups excluding tert-OH is 1. The standard InChI is InChI=1S/C24H24F4N2O6.C15H8F4O5.C9H18N2O2.C2H3N/c1-22(2,3)36-21(31)30-10-8-29(9-11-30)20(14-4-6-16-18(12-14)34-23(25,26)32-16)15-5-7-17-19(13-15)35-24(27,28)33-17;16-14(17)21-9-3-1-7(5-11(9)23-14)13(20)8-2-4-10-12(6-8)24-15(18,19)22-10;1-9(2,3)13-8(12)11-6-4-10-5-7-11;1-2-3/h4-7,12-13,20H,8-11H2,1-3H3;1-6,13,20H;10H,4-7H2,1-3H3;1H3. The van der Waals surface area contributed by atoms with E-state index < -0.39 is 49.0 Å². The molecule has 2 N–H and O–H groups in total. The van der Waals surface area contributed by atoms with E-state index >= 15 is 0 Å². The average Bonchev–Trinajstić information content (AvgIpc) is 4.03. The summed E-state index contributed by atoms with van der Waals surface area (Å²) in [7, 11) is 0. The fraction of sp³-hybridized carbons (Fsp3) is 0.460. The molecular weight excluding hydrogens is 1030 g/mol. The summed E-state index contributed by atoms with van der Waals surface area (Å²) in [5.74, 6) is -1.29. The number of nitrogens with one attached hydrogen (secondary N) is 1. The molecular formula is C50H53F8N5O13. The Labute approximate surface area is 430 Å². The van der Waals surface area contributed by atoms with Crippen LogP contribution in [0.15, 0.2) is 72.8 Å². The lowest BCUT2D eigenvalue weighted by molar-refractivity contribution is -0.287. The second-order valence-corrected chi connectivity index (χ2v) is 19.2. The molecule has 6 heterocycles. The SMILES string of the molecule is CC#N.CC(C)(C)OC(=O)N1CCN(C(c2ccc3c(c2)OC(F)(F)O3)c2ccc3c(c2)OC(F)(F)O3)CC1.CC(C)(C)OC(=O)N1CCNCC1.OC(c1ccc2c(c1)OC(F)(F)O2)c1ccc2c(c1)OC(F)(F)O2. The quantitative estimate of drug-likeness (QED) is 0.179. The fourth-order valence-corrected chi connectivity index (χ4v) is 8.01. The van der Waals surface area contributed by atoms with Crippen LogP contribution in [0.25, 0.3) is 0 Å². The summed E-state index contributed by atoms with van der Waals surface area (Å²) in [6.07, 6.45) is -17.0. The number of halogens is 8. The molecule has 0 aromatic heterocycles. The zero-order chi connectivity index (χ0) is 55.6. The van der Waals surface area contributed by atoms with Crippen LogP contribution in [0.3, 0.4) is 0 Å². The highest BCUT2D eigenvalue weighted by Crippen LogP contribution is 2.48. The van der Waals surface area contributed by atoms with E-state index in [0.29, 0.717) is 37.3 Å². The predicted molar refractivity (Wildman–Crippen MR) is 248 cm³/mol. The van der Waals surface area contributed by atoms with Gasteiger partial charge >= 0.3 is 37.4 Å². The van der Waals surface area contributed by atoms with Crippen LogP contribution in [0, 0.1) is 11.3 Å². The summed E-state index contributed by atoms with van der Waals surface area (Å²) >= 11 is 0. The van der Waals surface area contributed by atoms with Gasteiger partial charge in [-0.25, -0.2) is 9.59 Å². The molecule has 0 unspecified atom stereocenters. The van der Waals surface area contributed by atoms with Gasteiger partial charge in [0.05, 0.1) is 12.1 Å². The predicted octanol–water partition coefficient (Wildman–Crippen LogP) is 9.74. The van der Waals surface area contributed by atoms with Crippen molar-refractivity contribution in [3.8, 4) is 52.1 Å². The van der Waals surface area contributed by atoms with Crippen LogP contribution in [0.4, 0.5) is 44.7 Å². The third kappa shape index (κ3) is 14.5. The first-order chi connectivity index (χ1) is 35.4. The van der Waals surface area contributed by atoms with Crippen molar-refractivity contribution in [3.05, 3.63) is 95.1 Å². The van der Waals surface area contributed by atoms with Crippen LogP contribution < -0.4 is 43.2 Å². The number of benzene rings is 4. The van der Waals surface area contributed by atoms with Crippen LogP contribution in [-0.4, -0.2) is 121 Å². The highest BCUT2D eigenvalue weighted by atomic mass is 19.3. The highest BCUT2D eigenvalue weighted by Gasteiger charge is 2.47. The molecule has 412 valence electrons. The number of aliphatic hydroxyl groups is 1. The van der Waals surface area contributed by atoms with Crippen molar-refractivity contribution < 1.29 is 97.2 Å². The van der Waals surface area contributed by atoms with Gasteiger partial charge in [-0.2, -0.15) is 5.26 Å². The van der Waals surface area contributed by atoms with Gasteiger partial charge in [-0.3, -0.25) is 4.90 Å². The summed E-state index contributed by atoms with van der Waals surface area (Å²) in [5, 5.41) is 20.8. The fourth-order valence-electron chi connectivity index (χ4n) is 8.01. The Morgan fingerprint density at radius 3 is 1.12 bits per heavy atom. The number of nitrogens with zero attached hydrogens (tertiary/aromatic N) is 4. The zero-order valence-electron chi connectivity index (χ0n) is 41.9. The first-order valence-corrected chi connectivity index (χ1v) is 23.4. The molecule has 0 saturated carbocycles. The maximum Gasteiger partial charge on any atom is 0.586 e. The molecule has 76 heavy (non-hydrogen) atoms. The molecule has 2 amide bonds. The molecule has 26 heteroatoms. The van der Waals surface area contributed by atoms with Crippen LogP contribution >= 0.6 is 0 Å². The summed E-state index contributed by atoms with van der Waals surface area (Å²) in [6, 6.07) is 17.5. The van der Waals surface area contributed by atoms with E-state index in [1.54, 1.807) is 48.8 Å². The van der Waals surface area contributed by atoms with Gasteiger partial charge in [0.2, 0.25) is 0 Å². The highest BCUT2D eigenvalue weighted by molar-refractivity contribution is 5.68. The van der Waals surface area contributed by atoms with Gasteiger partial charge < -0.3 is 67.6 Å². The number of piperazine rings is 2. The topological polar surface area (TPSA) is 192 Å². The van der Waals surface area contributed by atoms with E-state index in [4.69, 9.17) is 14.7 Å². The molecule has 0 aliphatic carbocycles. The third-order valence-corrected chi connectivity index (χ3v) is 11.1. The Kier molecular flexibility index (Phi) is 16.1. The Morgan fingerprint density at radius 1 is 0.526 bits per heavy atom. The number of amides is 2. The van der Waals surface area contributed by atoms with E-state index in [1.165, 1.54) is 67.6 Å². The smallest absolute Gasteiger partial charge is 0.444 e. The van der Waals surface area contributed by atoms with Crippen LogP contribution in [0.5, 0.6) is 46.0 Å². The Balaban J connectivity index is 0.000000180. The van der Waals surface area contributed by atoms with Gasteiger partial charge in [0.15, 0.2) is 46.0 Å². The molecule has 4 aromatic carbocycles. The molecule has 2 fully saturated rings. The van der Waals surface area contributed by atoms with E-state index in [9.17, 15) is 49.8 Å². The first-order valence-electron chi connectivity index (χ1n) is 23.4. The minimum Gasteiger partial charge on any atom is -0.444 e. The maximum atomic E-state index is 13.6. The number of carbonyl (C=O) groups excluding carboxylic acids is 2. The lowest BCUT2D eigenvalue weighted by Gasteiger charge is -2.40. The lowest BCUT2D eigenvalue weighted by atomic mass is 9.95. The molecule has 0 bridgehead atoms. The lowest BCUT2D eigenvalue weighted by Crippen LogP contribution is -2.51. The number of hydrogen-bond donors (Lipinski definition) is 2. The first kappa shape index (κ1) is 56.4. The summed E-state index contributed by atoms with van der Waals surface area (Å²) in [5.41, 5.74) is 0.515. The molecule has 0 atom stereocenters. The monoisotopic (exact) mass is 1080 g/mol. The number of hydrogen-bond acceptors (Lipinski definition) is 16. The van der Waals surface area contributed by atoms with Gasteiger partial charge in [0.25, 0.3) is 0 Å². The number of fused-ring (bicyclic) bond motifs is 4. The summed E-state index contributed by atoms with van der Waals surface area (Å²) in [4.78, 5) is 29.3. The maximum absolute atomic E-state index is 13.6. The van der Waals surface area contributed by atoms with Crippen molar-refractivity contribution in [2.75, 3.05) is 52.4 Å². The molecule has 18 nitrogen and oxygen atoms in total. The van der Waals surface area contributed by atoms with Crippen molar-refractivity contribution >= 4 is 12.2 Å². The molecule has 6 aliphatic rings.